The summed E-state index contributed by atoms with van der Waals surface area (Å²) in [5.74, 6) is 1.72. The minimum atomic E-state index is -0.606. The van der Waals surface area contributed by atoms with E-state index in [-0.39, 0.29) is 24.1 Å². The molecule has 180 valence electrons. The Kier molecular flexibility index (Phi) is 11.4. The molecule has 0 bridgehead atoms. The molecule has 0 aliphatic rings. The number of halogens is 2. The first-order valence-corrected chi connectivity index (χ1v) is 12.9. The average Bonchev–Trinajstić information content (AvgIpc) is 2.79. The van der Waals surface area contributed by atoms with Gasteiger partial charge in [-0.15, -0.1) is 11.8 Å². The third-order valence-electron chi connectivity index (χ3n) is 5.11. The molecule has 0 saturated heterocycles. The van der Waals surface area contributed by atoms with Crippen LogP contribution < -0.4 is 10.1 Å². The highest BCUT2D eigenvalue weighted by Crippen LogP contribution is 2.27. The highest BCUT2D eigenvalue weighted by Gasteiger charge is 2.29. The fourth-order valence-corrected chi connectivity index (χ4v) is 4.64. The highest BCUT2D eigenvalue weighted by atomic mass is 35.5. The van der Waals surface area contributed by atoms with Crippen LogP contribution in [0.15, 0.2) is 42.5 Å². The van der Waals surface area contributed by atoms with Crippen molar-refractivity contribution in [1.82, 2.24) is 10.2 Å². The van der Waals surface area contributed by atoms with Gasteiger partial charge in [-0.05, 0) is 42.2 Å². The van der Waals surface area contributed by atoms with Crippen molar-refractivity contribution in [2.24, 2.45) is 5.92 Å². The molecule has 2 amide bonds. The zero-order valence-corrected chi connectivity index (χ0v) is 21.9. The van der Waals surface area contributed by atoms with Gasteiger partial charge < -0.3 is 15.0 Å². The second-order valence-electron chi connectivity index (χ2n) is 8.13. The molecule has 0 spiro atoms. The Balaban J connectivity index is 2.16. The first kappa shape index (κ1) is 27.4. The molecule has 2 aromatic carbocycles. The number of hydrogen-bond acceptors (Lipinski definition) is 4. The molecule has 0 unspecified atom stereocenters. The summed E-state index contributed by atoms with van der Waals surface area (Å²) in [6, 6.07) is 12.4. The lowest BCUT2D eigenvalue weighted by atomic mass is 10.1. The quantitative estimate of drug-likeness (QED) is 0.391. The maximum atomic E-state index is 13.3. The predicted octanol–water partition coefficient (Wildman–Crippen LogP) is 5.81. The van der Waals surface area contributed by atoms with E-state index in [0.717, 1.165) is 11.3 Å². The molecule has 5 nitrogen and oxygen atoms in total. The van der Waals surface area contributed by atoms with Crippen LogP contribution in [0.2, 0.25) is 10.0 Å². The van der Waals surface area contributed by atoms with Crippen LogP contribution in [0.3, 0.4) is 0 Å². The van der Waals surface area contributed by atoms with Crippen molar-refractivity contribution in [3.05, 3.63) is 63.6 Å². The van der Waals surface area contributed by atoms with E-state index in [1.807, 2.05) is 45.0 Å². The molecular weight excluding hydrogens is 479 g/mol. The molecule has 0 aromatic heterocycles. The van der Waals surface area contributed by atoms with Gasteiger partial charge in [-0.25, -0.2) is 0 Å². The maximum Gasteiger partial charge on any atom is 0.242 e. The van der Waals surface area contributed by atoms with Crippen LogP contribution in [0.5, 0.6) is 5.75 Å². The van der Waals surface area contributed by atoms with E-state index in [0.29, 0.717) is 40.2 Å². The highest BCUT2D eigenvalue weighted by molar-refractivity contribution is 7.99. The largest absolute Gasteiger partial charge is 0.497 e. The molecule has 0 saturated carbocycles. The standard InChI is InChI=1S/C25H32Cl2N2O3S/c1-5-23(25(31)28-13-17(2)3)29(14-20-21(26)7-6-8-22(20)27)24(30)16-33-15-18-9-11-19(32-4)12-10-18/h6-12,17,23H,5,13-16H2,1-4H3,(H,28,31)/t23-/m1/s1. The van der Waals surface area contributed by atoms with Gasteiger partial charge in [0.25, 0.3) is 0 Å². The third kappa shape index (κ3) is 8.43. The number of nitrogens with zero attached hydrogens (tertiary/aromatic N) is 1. The number of thioether (sulfide) groups is 1. The van der Waals surface area contributed by atoms with E-state index in [4.69, 9.17) is 27.9 Å². The Morgan fingerprint density at radius 1 is 1.09 bits per heavy atom. The topological polar surface area (TPSA) is 58.6 Å². The lowest BCUT2D eigenvalue weighted by Gasteiger charge is -2.31. The number of nitrogens with one attached hydrogen (secondary N) is 1. The predicted molar refractivity (Wildman–Crippen MR) is 138 cm³/mol. The monoisotopic (exact) mass is 510 g/mol. The number of ether oxygens (including phenoxy) is 1. The van der Waals surface area contributed by atoms with Crippen molar-refractivity contribution in [2.45, 2.75) is 45.5 Å². The van der Waals surface area contributed by atoms with Crippen molar-refractivity contribution in [3.8, 4) is 5.75 Å². The van der Waals surface area contributed by atoms with E-state index in [2.05, 4.69) is 5.32 Å². The van der Waals surface area contributed by atoms with Gasteiger partial charge >= 0.3 is 0 Å². The number of amides is 2. The summed E-state index contributed by atoms with van der Waals surface area (Å²) in [7, 11) is 1.63. The molecule has 0 aliphatic carbocycles. The number of methoxy groups -OCH3 is 1. The molecule has 0 heterocycles. The van der Waals surface area contributed by atoms with Crippen LogP contribution in [0.25, 0.3) is 0 Å². The molecule has 8 heteroatoms. The van der Waals surface area contributed by atoms with Crippen LogP contribution in [0, 0.1) is 5.92 Å². The Morgan fingerprint density at radius 3 is 2.27 bits per heavy atom. The van der Waals surface area contributed by atoms with Gasteiger partial charge in [0.2, 0.25) is 11.8 Å². The molecule has 1 atom stereocenters. The van der Waals surface area contributed by atoms with Crippen LogP contribution in [0.4, 0.5) is 0 Å². The minimum absolute atomic E-state index is 0.129. The molecular formula is C25H32Cl2N2O3S. The van der Waals surface area contributed by atoms with Gasteiger partial charge in [-0.2, -0.15) is 0 Å². The number of carbonyl (C=O) groups excluding carboxylic acids is 2. The molecule has 0 aliphatic heterocycles. The smallest absolute Gasteiger partial charge is 0.242 e. The van der Waals surface area contributed by atoms with Crippen LogP contribution in [-0.2, 0) is 21.9 Å². The normalized spacial score (nSPS) is 11.8. The summed E-state index contributed by atoms with van der Waals surface area (Å²) in [6.45, 7) is 6.69. The van der Waals surface area contributed by atoms with E-state index in [1.165, 1.54) is 11.8 Å². The Morgan fingerprint density at radius 2 is 1.73 bits per heavy atom. The fourth-order valence-electron chi connectivity index (χ4n) is 3.26. The molecule has 0 radical (unpaired) electrons. The first-order valence-electron chi connectivity index (χ1n) is 11.0. The van der Waals surface area contributed by atoms with Crippen molar-refractivity contribution in [1.29, 1.82) is 0 Å². The van der Waals surface area contributed by atoms with Gasteiger partial charge in [0.1, 0.15) is 11.8 Å². The first-order chi connectivity index (χ1) is 15.8. The number of benzene rings is 2. The molecule has 2 aromatic rings. The molecule has 2 rings (SSSR count). The van der Waals surface area contributed by atoms with E-state index < -0.39 is 6.04 Å². The Labute approximate surface area is 211 Å². The Hall–Kier alpha value is -1.89. The number of rotatable bonds is 12. The van der Waals surface area contributed by atoms with E-state index in [9.17, 15) is 9.59 Å². The lowest BCUT2D eigenvalue weighted by molar-refractivity contribution is -0.139. The van der Waals surface area contributed by atoms with Gasteiger partial charge in [-0.1, -0.05) is 62.2 Å². The zero-order chi connectivity index (χ0) is 24.4. The van der Waals surface area contributed by atoms with E-state index >= 15 is 0 Å². The van der Waals surface area contributed by atoms with Gasteiger partial charge in [0.05, 0.1) is 12.9 Å². The van der Waals surface area contributed by atoms with E-state index in [1.54, 1.807) is 30.2 Å². The lowest BCUT2D eigenvalue weighted by Crippen LogP contribution is -2.50. The maximum absolute atomic E-state index is 13.3. The van der Waals surface area contributed by atoms with Crippen LogP contribution in [0.1, 0.15) is 38.3 Å². The minimum Gasteiger partial charge on any atom is -0.497 e. The summed E-state index contributed by atoms with van der Waals surface area (Å²) >= 11 is 14.3. The zero-order valence-electron chi connectivity index (χ0n) is 19.6. The molecule has 0 fully saturated rings. The fraction of sp³-hybridized carbons (Fsp3) is 0.440. The van der Waals surface area contributed by atoms with Crippen molar-refractivity contribution in [2.75, 3.05) is 19.4 Å². The van der Waals surface area contributed by atoms with Gasteiger partial charge in [-0.3, -0.25) is 9.59 Å². The van der Waals surface area contributed by atoms with Crippen molar-refractivity contribution >= 4 is 46.8 Å². The summed E-state index contributed by atoms with van der Waals surface area (Å²) in [5.41, 5.74) is 1.74. The second kappa shape index (κ2) is 13.7. The van der Waals surface area contributed by atoms with Crippen LogP contribution >= 0.6 is 35.0 Å². The number of carbonyl (C=O) groups is 2. The van der Waals surface area contributed by atoms with Gasteiger partial charge in [0.15, 0.2) is 0 Å². The summed E-state index contributed by atoms with van der Waals surface area (Å²) in [6.07, 6.45) is 0.487. The summed E-state index contributed by atoms with van der Waals surface area (Å²) < 4.78 is 5.19. The molecule has 1 N–H and O–H groups in total. The summed E-state index contributed by atoms with van der Waals surface area (Å²) in [5, 5.41) is 3.91. The SMILES string of the molecule is CC[C@H](C(=O)NCC(C)C)N(Cc1c(Cl)cccc1Cl)C(=O)CSCc1ccc(OC)cc1. The van der Waals surface area contributed by atoms with Crippen molar-refractivity contribution < 1.29 is 14.3 Å². The average molecular weight is 512 g/mol. The third-order valence-corrected chi connectivity index (χ3v) is 6.81. The Bertz CT molecular complexity index is 902. The summed E-state index contributed by atoms with van der Waals surface area (Å²) in [4.78, 5) is 27.9. The van der Waals surface area contributed by atoms with Crippen LogP contribution in [-0.4, -0.2) is 42.2 Å². The molecule has 33 heavy (non-hydrogen) atoms. The second-order valence-corrected chi connectivity index (χ2v) is 9.93. The van der Waals surface area contributed by atoms with Crippen molar-refractivity contribution in [3.63, 3.8) is 0 Å². The number of hydrogen-bond donors (Lipinski definition) is 1. The van der Waals surface area contributed by atoms with Gasteiger partial charge in [0, 0.05) is 34.5 Å².